The van der Waals surface area contributed by atoms with Gasteiger partial charge in [0.25, 0.3) is 0 Å². The smallest absolute Gasteiger partial charge is 0.460 e. The van der Waals surface area contributed by atoms with Gasteiger partial charge in [-0.2, -0.15) is 149 Å². The minimum Gasteiger partial charge on any atom is -0.477 e. The topological polar surface area (TPSA) is 102 Å². The van der Waals surface area contributed by atoms with Gasteiger partial charge < -0.3 is 19.1 Å². The number of carbonyl (C=O) groups is 3. The van der Waals surface area contributed by atoms with Crippen molar-refractivity contribution in [3.8, 4) is 0 Å². The van der Waals surface area contributed by atoms with Crippen molar-refractivity contribution in [1.29, 1.82) is 0 Å². The average Bonchev–Trinajstić information content (AvgIpc) is 3.14. The van der Waals surface area contributed by atoms with E-state index < -0.39 is 176 Å². The van der Waals surface area contributed by atoms with Gasteiger partial charge in [0, 0.05) is 6.54 Å². The maximum Gasteiger partial charge on any atom is 0.460 e. The molecular weight excluding hydrogens is 1130 g/mol. The van der Waals surface area contributed by atoms with Crippen LogP contribution < -0.4 is 5.32 Å². The van der Waals surface area contributed by atoms with Crippen molar-refractivity contribution < 1.29 is 183 Å². The Morgan fingerprint density at radius 1 is 0.431 bits per heavy atom. The minimum atomic E-state index is -9.04. The second-order valence-electron chi connectivity index (χ2n) is 15.1. The first-order chi connectivity index (χ1) is 31.0. The molecule has 1 atom stereocenters. The molecule has 0 rings (SSSR count). The molecule has 0 aliphatic carbocycles. The molecule has 2 N–H and O–H groups in total. The molecule has 0 aromatic carbocycles. The minimum absolute atomic E-state index is 0.670. The van der Waals surface area contributed by atoms with Gasteiger partial charge in [-0.1, -0.05) is 0 Å². The molecule has 0 aliphatic rings. The molecule has 0 fully saturated rings. The Labute approximate surface area is 374 Å². The number of likely N-dealkylation sites (N-methyl/N-ethyl adjacent to an activating group) is 1. The van der Waals surface area contributed by atoms with E-state index in [0.29, 0.717) is 0 Å². The van der Waals surface area contributed by atoms with Crippen LogP contribution in [0.1, 0.15) is 19.3 Å². The molecule has 0 aromatic rings. The summed E-state index contributed by atoms with van der Waals surface area (Å²) in [5, 5.41) is 10.6. The second kappa shape index (κ2) is 19.9. The van der Waals surface area contributed by atoms with E-state index in [1.807, 2.05) is 0 Å². The molecule has 72 heavy (non-hydrogen) atoms. The number of nitrogens with zero attached hydrogens (tertiary/aromatic N) is 1. The van der Waals surface area contributed by atoms with E-state index in [1.54, 1.807) is 5.32 Å². The van der Waals surface area contributed by atoms with Crippen molar-refractivity contribution in [2.45, 2.75) is 121 Å². The predicted molar refractivity (Wildman–Crippen MR) is 158 cm³/mol. The van der Waals surface area contributed by atoms with E-state index in [4.69, 9.17) is 5.11 Å². The summed E-state index contributed by atoms with van der Waals surface area (Å²) in [5.74, 6) is -126. The van der Waals surface area contributed by atoms with Crippen molar-refractivity contribution in [1.82, 2.24) is 5.32 Å². The van der Waals surface area contributed by atoms with Crippen LogP contribution in [0.2, 0.25) is 0 Å². The maximum absolute atomic E-state index is 14.3. The van der Waals surface area contributed by atoms with E-state index in [0.717, 1.165) is 14.1 Å². The van der Waals surface area contributed by atoms with Crippen molar-refractivity contribution in [2.24, 2.45) is 0 Å². The summed E-state index contributed by atoms with van der Waals surface area (Å²) in [7, 11) is 2.02. The fourth-order valence-electron chi connectivity index (χ4n) is 4.83. The van der Waals surface area contributed by atoms with Crippen LogP contribution in [0, 0.1) is 0 Å². The zero-order valence-corrected chi connectivity index (χ0v) is 34.0. The molecule has 42 heteroatoms. The third-order valence-electron chi connectivity index (χ3n) is 9.24. The lowest BCUT2D eigenvalue weighted by Crippen LogP contribution is -2.74. The van der Waals surface area contributed by atoms with Crippen LogP contribution in [0.3, 0.4) is 0 Å². The van der Waals surface area contributed by atoms with E-state index in [2.05, 4.69) is 9.47 Å². The number of rotatable bonds is 27. The Balaban J connectivity index is 6.63. The lowest BCUT2D eigenvalue weighted by molar-refractivity contribution is -0.881. The number of ether oxygens (including phenoxy) is 2. The van der Waals surface area contributed by atoms with Gasteiger partial charge in [0.1, 0.15) is 6.04 Å². The van der Waals surface area contributed by atoms with E-state index in [9.17, 15) is 164 Å². The highest BCUT2D eigenvalue weighted by atomic mass is 19.4. The molecule has 428 valence electrons. The zero-order chi connectivity index (χ0) is 58.6. The van der Waals surface area contributed by atoms with E-state index >= 15 is 0 Å². The number of hydrogen-bond donors (Lipinski definition) is 2. The monoisotopic (exact) mass is 1160 g/mol. The van der Waals surface area contributed by atoms with Gasteiger partial charge in [0.05, 0.1) is 53.1 Å². The largest absolute Gasteiger partial charge is 0.477 e. The lowest BCUT2D eigenvalue weighted by Gasteiger charge is -2.42. The standard InChI is InChI=1S/C30H24F34N2O6/c1-66(2,10-12(67)68)6-5-65-11(14(70)72-8-4-16(33,34)18(37,38)20(41,42)22(45,46)24(49,50)26(53,54)28(57,58)30(62,63)64)9-13(69)71-7-3-15(31,32)17(35,36)19(39,40)21(43,44)23(47,48)25(51,52)27(55,56)29(59,60)61/h11,65H,3-10H2,1-2H3/p+1. The number of alkyl halides is 34. The second-order valence-corrected chi connectivity index (χ2v) is 15.1. The first kappa shape index (κ1) is 68.0. The number of quaternary nitrogens is 1. The maximum atomic E-state index is 14.3. The molecule has 0 saturated carbocycles. The fraction of sp³-hybridized carbons (Fsp3) is 0.900. The summed E-state index contributed by atoms with van der Waals surface area (Å²) < 4.78 is 466. The molecule has 0 radical (unpaired) electrons. The summed E-state index contributed by atoms with van der Waals surface area (Å²) in [6, 6.07) is -2.85. The van der Waals surface area contributed by atoms with Gasteiger partial charge in [-0.3, -0.25) is 14.9 Å². The van der Waals surface area contributed by atoms with Crippen LogP contribution in [0.4, 0.5) is 149 Å². The molecule has 8 nitrogen and oxygen atoms in total. The highest BCUT2D eigenvalue weighted by Crippen LogP contribution is 2.66. The SMILES string of the molecule is C[N+](C)(CCNC(CC(=O)OCCC(F)(F)C(F)(F)C(F)(F)C(F)(F)C(F)(F)C(F)(F)C(F)(F)C(F)(F)F)C(=O)OCCC(F)(F)C(F)(F)C(F)(F)C(F)(F)C(F)(F)C(F)(F)C(F)(F)C(F)(F)F)CC(=O)O. The summed E-state index contributed by atoms with van der Waals surface area (Å²) >= 11 is 0. The Morgan fingerprint density at radius 2 is 0.694 bits per heavy atom. The number of hydrogen-bond acceptors (Lipinski definition) is 6. The Kier molecular flexibility index (Phi) is 18.8. The number of nitrogens with one attached hydrogen (secondary N) is 1. The molecule has 0 heterocycles. The van der Waals surface area contributed by atoms with Crippen LogP contribution in [-0.4, -0.2) is 176 Å². The van der Waals surface area contributed by atoms with Crippen LogP contribution in [0.5, 0.6) is 0 Å². The Hall–Kier alpha value is -4.05. The molecule has 0 aromatic heterocycles. The van der Waals surface area contributed by atoms with Gasteiger partial charge >= 0.3 is 113 Å². The third kappa shape index (κ3) is 11.4. The molecule has 0 bridgehead atoms. The normalized spacial score (nSPS) is 16.2. The number of halogens is 34. The van der Waals surface area contributed by atoms with Gasteiger partial charge in [-0.15, -0.1) is 0 Å². The Morgan fingerprint density at radius 3 is 0.972 bits per heavy atom. The van der Waals surface area contributed by atoms with Crippen molar-refractivity contribution in [3.63, 3.8) is 0 Å². The number of carboxylic acid groups (broad SMARTS) is 1. The number of aliphatic carboxylic acids is 1. The van der Waals surface area contributed by atoms with Crippen molar-refractivity contribution in [2.75, 3.05) is 46.9 Å². The van der Waals surface area contributed by atoms with Crippen molar-refractivity contribution in [3.05, 3.63) is 0 Å². The average molecular weight is 1160 g/mol. The Bertz CT molecular complexity index is 1910. The van der Waals surface area contributed by atoms with E-state index in [-0.39, 0.29) is 0 Å². The highest BCUT2D eigenvalue weighted by Gasteiger charge is 2.97. The summed E-state index contributed by atoms with van der Waals surface area (Å²) in [6.07, 6.45) is -25.2. The highest BCUT2D eigenvalue weighted by molar-refractivity contribution is 5.82. The quantitative estimate of drug-likeness (QED) is 0.0480. The van der Waals surface area contributed by atoms with Crippen LogP contribution in [0.25, 0.3) is 0 Å². The number of carbonyl (C=O) groups excluding carboxylic acids is 2. The molecule has 0 saturated heterocycles. The van der Waals surface area contributed by atoms with Crippen LogP contribution >= 0.6 is 0 Å². The summed E-state index contributed by atoms with van der Waals surface area (Å²) in [5.41, 5.74) is 0. The van der Waals surface area contributed by atoms with Gasteiger partial charge in [0.2, 0.25) is 0 Å². The van der Waals surface area contributed by atoms with Crippen LogP contribution in [-0.2, 0) is 23.9 Å². The van der Waals surface area contributed by atoms with Crippen LogP contribution in [0.15, 0.2) is 0 Å². The lowest BCUT2D eigenvalue weighted by atomic mass is 9.88. The molecule has 1 unspecified atom stereocenters. The summed E-state index contributed by atoms with van der Waals surface area (Å²) in [6.45, 7) is -7.98. The zero-order valence-electron chi connectivity index (χ0n) is 34.0. The molecule has 0 spiro atoms. The number of esters is 2. The first-order valence-corrected chi connectivity index (χ1v) is 17.5. The number of carboxylic acids is 1. The third-order valence-corrected chi connectivity index (χ3v) is 9.24. The van der Waals surface area contributed by atoms with Gasteiger partial charge in [-0.05, 0) is 0 Å². The fourth-order valence-corrected chi connectivity index (χ4v) is 4.83. The van der Waals surface area contributed by atoms with E-state index in [1.165, 1.54) is 0 Å². The van der Waals surface area contributed by atoms with Gasteiger partial charge in [-0.25, -0.2) is 4.79 Å². The molecule has 0 aliphatic heterocycles. The van der Waals surface area contributed by atoms with Gasteiger partial charge in [0.15, 0.2) is 6.54 Å². The predicted octanol–water partition coefficient (Wildman–Crippen LogP) is 10.4. The summed E-state index contributed by atoms with van der Waals surface area (Å²) in [4.78, 5) is 35.7. The first-order valence-electron chi connectivity index (χ1n) is 17.5. The molecular formula is C30H25F34N2O6+. The molecule has 0 amide bonds. The van der Waals surface area contributed by atoms with Crippen molar-refractivity contribution >= 4 is 17.9 Å².